The van der Waals surface area contributed by atoms with Gasteiger partial charge in [0.05, 0.1) is 5.69 Å². The van der Waals surface area contributed by atoms with Gasteiger partial charge < -0.3 is 15.3 Å². The summed E-state index contributed by atoms with van der Waals surface area (Å²) in [4.78, 5) is 3.88. The number of nitrogens with one attached hydrogen (secondary N) is 1. The van der Waals surface area contributed by atoms with Gasteiger partial charge in [0.15, 0.2) is 6.08 Å². The van der Waals surface area contributed by atoms with E-state index in [9.17, 15) is 5.11 Å². The monoisotopic (exact) mass is 311 g/mol. The van der Waals surface area contributed by atoms with E-state index in [0.717, 1.165) is 16.3 Å². The van der Waals surface area contributed by atoms with Gasteiger partial charge >= 0.3 is 0 Å². The van der Waals surface area contributed by atoms with Crippen LogP contribution in [-0.4, -0.2) is 17.9 Å². The maximum Gasteiger partial charge on any atom is 0.151 e. The van der Waals surface area contributed by atoms with Crippen molar-refractivity contribution in [1.29, 1.82) is 5.41 Å². The third-order valence-corrected chi connectivity index (χ3v) is 2.92. The van der Waals surface area contributed by atoms with Crippen LogP contribution in [0.5, 0.6) is 0 Å². The van der Waals surface area contributed by atoms with Crippen LogP contribution in [0.25, 0.3) is 0 Å². The molecule has 1 N–H and O–H groups in total. The van der Waals surface area contributed by atoms with Gasteiger partial charge in [0.1, 0.15) is 0 Å². The minimum atomic E-state index is -0.646. The summed E-state index contributed by atoms with van der Waals surface area (Å²) in [6, 6.07) is 3.50. The summed E-state index contributed by atoms with van der Waals surface area (Å²) in [5.74, 6) is 0. The molecule has 0 fully saturated rings. The second-order valence-corrected chi connectivity index (χ2v) is 5.75. The largest absolute Gasteiger partial charge is 0.594 e. The molecule has 0 saturated heterocycles. The molecule has 0 aromatic heterocycles. The number of ether oxygens (including phenoxy) is 1. The Hall–Kier alpha value is -1.36. The average Bonchev–Trinajstić information content (AvgIpc) is 2.20. The topological polar surface area (TPSA) is 68.5 Å². The van der Waals surface area contributed by atoms with Crippen LogP contribution < -0.4 is 5.11 Å². The molecular formula is C13H16BrN2O2-. The summed E-state index contributed by atoms with van der Waals surface area (Å²) >= 11 is 3.37. The molecule has 0 unspecified atom stereocenters. The number of rotatable bonds is 2. The van der Waals surface area contributed by atoms with Gasteiger partial charge in [0.25, 0.3) is 0 Å². The number of benzene rings is 1. The van der Waals surface area contributed by atoms with Crippen LogP contribution in [0.2, 0.25) is 0 Å². The van der Waals surface area contributed by atoms with E-state index in [1.165, 1.54) is 0 Å². The molecule has 0 aliphatic rings. The second kappa shape index (κ2) is 5.52. The number of hydrogen-bond donors (Lipinski definition) is 1. The number of aryl methyl sites for hydroxylation is 1. The molecule has 18 heavy (non-hydrogen) atoms. The van der Waals surface area contributed by atoms with Crippen molar-refractivity contribution in [2.45, 2.75) is 33.3 Å². The zero-order valence-corrected chi connectivity index (χ0v) is 12.5. The van der Waals surface area contributed by atoms with Crippen LogP contribution in [0.4, 0.5) is 5.69 Å². The fourth-order valence-electron chi connectivity index (χ4n) is 1.28. The SMILES string of the molecule is Cc1cc(N=C([O-])OC(C)(C)C)c(C=N)cc1Br. The zero-order valence-electron chi connectivity index (χ0n) is 10.9. The lowest BCUT2D eigenvalue weighted by Crippen LogP contribution is -2.31. The highest BCUT2D eigenvalue weighted by Gasteiger charge is 2.07. The molecule has 0 aliphatic heterocycles. The summed E-state index contributed by atoms with van der Waals surface area (Å²) in [6.07, 6.45) is 0.514. The van der Waals surface area contributed by atoms with E-state index < -0.39 is 11.7 Å². The molecule has 0 saturated carbocycles. The van der Waals surface area contributed by atoms with Gasteiger partial charge in [-0.15, -0.1) is 0 Å². The Morgan fingerprint density at radius 1 is 1.44 bits per heavy atom. The number of hydrogen-bond acceptors (Lipinski definition) is 4. The van der Waals surface area contributed by atoms with E-state index in [0.29, 0.717) is 11.3 Å². The lowest BCUT2D eigenvalue weighted by atomic mass is 10.1. The molecule has 0 aliphatic carbocycles. The third kappa shape index (κ3) is 4.14. The Labute approximate surface area is 115 Å². The van der Waals surface area contributed by atoms with Gasteiger partial charge in [0, 0.05) is 21.9 Å². The van der Waals surface area contributed by atoms with Crippen molar-refractivity contribution in [1.82, 2.24) is 0 Å². The van der Waals surface area contributed by atoms with Crippen molar-refractivity contribution in [2.24, 2.45) is 4.99 Å². The van der Waals surface area contributed by atoms with E-state index in [1.54, 1.807) is 32.9 Å². The second-order valence-electron chi connectivity index (χ2n) is 4.90. The van der Waals surface area contributed by atoms with E-state index in [2.05, 4.69) is 20.9 Å². The number of nitrogens with zero attached hydrogens (tertiary/aromatic N) is 1. The van der Waals surface area contributed by atoms with Crippen molar-refractivity contribution < 1.29 is 9.84 Å². The van der Waals surface area contributed by atoms with Crippen LogP contribution in [-0.2, 0) is 4.74 Å². The first-order valence-corrected chi connectivity index (χ1v) is 6.27. The maximum absolute atomic E-state index is 11.6. The van der Waals surface area contributed by atoms with Crippen molar-refractivity contribution in [3.05, 3.63) is 27.7 Å². The number of halogens is 1. The molecular weight excluding hydrogens is 296 g/mol. The third-order valence-electron chi connectivity index (χ3n) is 2.07. The van der Waals surface area contributed by atoms with Crippen molar-refractivity contribution in [3.63, 3.8) is 0 Å². The lowest BCUT2D eigenvalue weighted by Gasteiger charge is -2.29. The van der Waals surface area contributed by atoms with Gasteiger partial charge in [-0.05, 0) is 24.6 Å². The normalized spacial score (nSPS) is 12.4. The van der Waals surface area contributed by atoms with Crippen LogP contribution in [0.1, 0.15) is 31.9 Å². The first-order valence-electron chi connectivity index (χ1n) is 5.48. The molecule has 1 rings (SSSR count). The Kier molecular flexibility index (Phi) is 4.51. The molecule has 0 heterocycles. The molecule has 4 nitrogen and oxygen atoms in total. The summed E-state index contributed by atoms with van der Waals surface area (Å²) in [6.45, 7) is 7.24. The van der Waals surface area contributed by atoms with E-state index in [1.807, 2.05) is 6.92 Å². The molecule has 5 heteroatoms. The molecule has 0 amide bonds. The highest BCUT2D eigenvalue weighted by molar-refractivity contribution is 9.10. The Morgan fingerprint density at radius 3 is 2.56 bits per heavy atom. The summed E-state index contributed by atoms with van der Waals surface area (Å²) < 4.78 is 6.00. The van der Waals surface area contributed by atoms with Gasteiger partial charge in [-0.3, -0.25) is 0 Å². The maximum atomic E-state index is 11.6. The Bertz CT molecular complexity index is 490. The highest BCUT2D eigenvalue weighted by Crippen LogP contribution is 2.26. The molecule has 0 radical (unpaired) electrons. The fourth-order valence-corrected chi connectivity index (χ4v) is 1.64. The lowest BCUT2D eigenvalue weighted by molar-refractivity contribution is -0.259. The van der Waals surface area contributed by atoms with E-state index >= 15 is 0 Å². The Morgan fingerprint density at radius 2 is 2.06 bits per heavy atom. The predicted molar refractivity (Wildman–Crippen MR) is 74.7 cm³/mol. The van der Waals surface area contributed by atoms with Gasteiger partial charge in [-0.25, -0.2) is 4.99 Å². The minimum absolute atomic E-state index is 0.444. The molecule has 0 spiro atoms. The molecule has 1 aromatic carbocycles. The molecule has 0 atom stereocenters. The first-order chi connectivity index (χ1) is 8.23. The smallest absolute Gasteiger partial charge is 0.151 e. The molecule has 1 aromatic rings. The number of aliphatic imine (C=N–C) groups is 1. The van der Waals surface area contributed by atoms with Gasteiger partial charge in [0.2, 0.25) is 0 Å². The van der Waals surface area contributed by atoms with Gasteiger partial charge in [-0.1, -0.05) is 36.7 Å². The fraction of sp³-hybridized carbons (Fsp3) is 0.385. The summed E-state index contributed by atoms with van der Waals surface area (Å²) in [7, 11) is 0. The van der Waals surface area contributed by atoms with Crippen molar-refractivity contribution >= 4 is 33.9 Å². The van der Waals surface area contributed by atoms with Gasteiger partial charge in [-0.2, -0.15) is 0 Å². The molecule has 98 valence electrons. The van der Waals surface area contributed by atoms with E-state index in [-0.39, 0.29) is 0 Å². The minimum Gasteiger partial charge on any atom is -0.594 e. The summed E-state index contributed by atoms with van der Waals surface area (Å²) in [5, 5.41) is 18.9. The van der Waals surface area contributed by atoms with E-state index in [4.69, 9.17) is 10.1 Å². The van der Waals surface area contributed by atoms with Crippen molar-refractivity contribution in [2.75, 3.05) is 0 Å². The molecule has 0 bridgehead atoms. The highest BCUT2D eigenvalue weighted by atomic mass is 79.9. The van der Waals surface area contributed by atoms with Crippen LogP contribution in [0.15, 0.2) is 21.6 Å². The Balaban J connectivity index is 3.13. The zero-order chi connectivity index (χ0) is 13.9. The van der Waals surface area contributed by atoms with Crippen molar-refractivity contribution in [3.8, 4) is 0 Å². The standard InChI is InChI=1S/C13H17BrN2O2/c1-8-5-11(9(7-15)6-10(8)14)16-12(17)18-13(2,3)4/h5-7,15H,1-4H3,(H,16,17)/p-1. The predicted octanol–water partition coefficient (Wildman–Crippen LogP) is 2.92. The first kappa shape index (κ1) is 14.7. The van der Waals surface area contributed by atoms with Crippen LogP contribution >= 0.6 is 15.9 Å². The van der Waals surface area contributed by atoms with Crippen LogP contribution in [0.3, 0.4) is 0 Å². The average molecular weight is 312 g/mol. The summed E-state index contributed by atoms with van der Waals surface area (Å²) in [5.41, 5.74) is 1.39. The van der Waals surface area contributed by atoms with Crippen LogP contribution in [0, 0.1) is 12.3 Å². The quantitative estimate of drug-likeness (QED) is 0.674.